The van der Waals surface area contributed by atoms with Gasteiger partial charge < -0.3 is 21.1 Å². The first-order chi connectivity index (χ1) is 7.56. The molecule has 0 radical (unpaired) electrons. The summed E-state index contributed by atoms with van der Waals surface area (Å²) in [6.07, 6.45) is 0.539. The standard InChI is InChI=1S/C10H19N3O3/c1-2-3-12-5-9(15)13-6-7(14)4-8(13)10(11)16/h7-8,12,14H,2-6H2,1H3,(H2,11,16). The van der Waals surface area contributed by atoms with E-state index < -0.39 is 18.1 Å². The van der Waals surface area contributed by atoms with E-state index in [2.05, 4.69) is 5.32 Å². The molecule has 1 rings (SSSR count). The highest BCUT2D eigenvalue weighted by molar-refractivity contribution is 5.88. The third-order valence-corrected chi connectivity index (χ3v) is 2.63. The van der Waals surface area contributed by atoms with Crippen LogP contribution in [0.2, 0.25) is 0 Å². The Morgan fingerprint density at radius 1 is 1.56 bits per heavy atom. The van der Waals surface area contributed by atoms with Crippen LogP contribution in [-0.2, 0) is 9.59 Å². The molecule has 92 valence electrons. The number of amides is 2. The lowest BCUT2D eigenvalue weighted by atomic mass is 10.2. The second-order valence-electron chi connectivity index (χ2n) is 4.03. The summed E-state index contributed by atoms with van der Waals surface area (Å²) in [6, 6.07) is -0.661. The fourth-order valence-electron chi connectivity index (χ4n) is 1.83. The number of likely N-dealkylation sites (tertiary alicyclic amines) is 1. The van der Waals surface area contributed by atoms with E-state index in [0.717, 1.165) is 13.0 Å². The monoisotopic (exact) mass is 229 g/mol. The number of hydrogen-bond acceptors (Lipinski definition) is 4. The van der Waals surface area contributed by atoms with Crippen LogP contribution in [0.25, 0.3) is 0 Å². The maximum absolute atomic E-state index is 11.7. The average Bonchev–Trinajstić information content (AvgIpc) is 2.61. The minimum Gasteiger partial charge on any atom is -0.391 e. The van der Waals surface area contributed by atoms with Crippen molar-refractivity contribution in [2.45, 2.75) is 31.9 Å². The van der Waals surface area contributed by atoms with E-state index in [1.54, 1.807) is 0 Å². The van der Waals surface area contributed by atoms with Crippen LogP contribution < -0.4 is 11.1 Å². The Labute approximate surface area is 94.8 Å². The van der Waals surface area contributed by atoms with Crippen LogP contribution in [0, 0.1) is 0 Å². The number of nitrogens with one attached hydrogen (secondary N) is 1. The van der Waals surface area contributed by atoms with Crippen LogP contribution in [0.15, 0.2) is 0 Å². The molecule has 0 aromatic carbocycles. The zero-order valence-corrected chi connectivity index (χ0v) is 9.48. The molecule has 0 aromatic heterocycles. The predicted octanol–water partition coefficient (Wildman–Crippen LogP) is -1.57. The highest BCUT2D eigenvalue weighted by atomic mass is 16.3. The van der Waals surface area contributed by atoms with Crippen molar-refractivity contribution >= 4 is 11.8 Å². The number of nitrogens with zero attached hydrogens (tertiary/aromatic N) is 1. The lowest BCUT2D eigenvalue weighted by Crippen LogP contribution is -2.47. The SMILES string of the molecule is CCCNCC(=O)N1CC(O)CC1C(N)=O. The minimum absolute atomic E-state index is 0.185. The molecule has 1 saturated heterocycles. The summed E-state index contributed by atoms with van der Waals surface area (Å²) in [4.78, 5) is 24.2. The normalized spacial score (nSPS) is 24.8. The number of rotatable bonds is 5. The minimum atomic E-state index is -0.661. The molecule has 2 unspecified atom stereocenters. The fourth-order valence-corrected chi connectivity index (χ4v) is 1.83. The molecular formula is C10H19N3O3. The molecular weight excluding hydrogens is 210 g/mol. The molecule has 0 aliphatic carbocycles. The lowest BCUT2D eigenvalue weighted by Gasteiger charge is -2.21. The van der Waals surface area contributed by atoms with Gasteiger partial charge in [0.1, 0.15) is 6.04 Å². The summed E-state index contributed by atoms with van der Waals surface area (Å²) in [5.74, 6) is -0.741. The molecule has 2 atom stereocenters. The smallest absolute Gasteiger partial charge is 0.240 e. The highest BCUT2D eigenvalue weighted by Crippen LogP contribution is 2.17. The molecule has 0 aromatic rings. The quantitative estimate of drug-likeness (QED) is 0.496. The Kier molecular flexibility index (Phi) is 4.70. The van der Waals surface area contributed by atoms with Crippen LogP contribution in [0.3, 0.4) is 0 Å². The second kappa shape index (κ2) is 5.81. The molecule has 4 N–H and O–H groups in total. The Morgan fingerprint density at radius 2 is 2.25 bits per heavy atom. The maximum atomic E-state index is 11.7. The molecule has 1 fully saturated rings. The Balaban J connectivity index is 2.50. The van der Waals surface area contributed by atoms with Gasteiger partial charge in [0.05, 0.1) is 12.6 Å². The van der Waals surface area contributed by atoms with Crippen molar-refractivity contribution in [3.8, 4) is 0 Å². The molecule has 0 saturated carbocycles. The second-order valence-corrected chi connectivity index (χ2v) is 4.03. The molecule has 2 amide bonds. The summed E-state index contributed by atoms with van der Waals surface area (Å²) in [7, 11) is 0. The summed E-state index contributed by atoms with van der Waals surface area (Å²) in [5.41, 5.74) is 5.18. The summed E-state index contributed by atoms with van der Waals surface area (Å²) >= 11 is 0. The van der Waals surface area contributed by atoms with Gasteiger partial charge in [0, 0.05) is 13.0 Å². The van der Waals surface area contributed by atoms with E-state index in [4.69, 9.17) is 5.73 Å². The van der Waals surface area contributed by atoms with Crippen molar-refractivity contribution in [3.05, 3.63) is 0 Å². The van der Waals surface area contributed by atoms with Crippen molar-refractivity contribution in [1.82, 2.24) is 10.2 Å². The first kappa shape index (κ1) is 12.9. The van der Waals surface area contributed by atoms with E-state index in [1.165, 1.54) is 4.90 Å². The van der Waals surface area contributed by atoms with Crippen molar-refractivity contribution in [2.75, 3.05) is 19.6 Å². The number of primary amides is 1. The first-order valence-electron chi connectivity index (χ1n) is 5.53. The van der Waals surface area contributed by atoms with Crippen molar-refractivity contribution in [1.29, 1.82) is 0 Å². The van der Waals surface area contributed by atoms with Gasteiger partial charge in [-0.25, -0.2) is 0 Å². The summed E-state index contributed by atoms with van der Waals surface area (Å²) < 4.78 is 0. The van der Waals surface area contributed by atoms with Crippen LogP contribution in [-0.4, -0.2) is 53.6 Å². The third-order valence-electron chi connectivity index (χ3n) is 2.63. The first-order valence-corrected chi connectivity index (χ1v) is 5.53. The topological polar surface area (TPSA) is 95.7 Å². The molecule has 6 nitrogen and oxygen atoms in total. The Morgan fingerprint density at radius 3 is 2.81 bits per heavy atom. The van der Waals surface area contributed by atoms with E-state index in [0.29, 0.717) is 0 Å². The van der Waals surface area contributed by atoms with Gasteiger partial charge >= 0.3 is 0 Å². The zero-order chi connectivity index (χ0) is 12.1. The Hall–Kier alpha value is -1.14. The van der Waals surface area contributed by atoms with E-state index in [-0.39, 0.29) is 25.4 Å². The number of carbonyl (C=O) groups is 2. The van der Waals surface area contributed by atoms with E-state index in [1.807, 2.05) is 6.92 Å². The van der Waals surface area contributed by atoms with E-state index >= 15 is 0 Å². The third kappa shape index (κ3) is 3.18. The van der Waals surface area contributed by atoms with Gasteiger partial charge in [0.25, 0.3) is 0 Å². The molecule has 0 bridgehead atoms. The highest BCUT2D eigenvalue weighted by Gasteiger charge is 2.37. The predicted molar refractivity (Wildman–Crippen MR) is 58.5 cm³/mol. The zero-order valence-electron chi connectivity index (χ0n) is 9.48. The Bertz CT molecular complexity index is 270. The maximum Gasteiger partial charge on any atom is 0.240 e. The molecule has 0 spiro atoms. The number of β-amino-alcohol motifs (C(OH)–C–C–N with tert-alkyl or cyclic N) is 1. The molecule has 16 heavy (non-hydrogen) atoms. The van der Waals surface area contributed by atoms with Gasteiger partial charge in [0.15, 0.2) is 0 Å². The number of hydrogen-bond donors (Lipinski definition) is 3. The van der Waals surface area contributed by atoms with Crippen LogP contribution in [0.4, 0.5) is 0 Å². The lowest BCUT2D eigenvalue weighted by molar-refractivity contribution is -0.136. The van der Waals surface area contributed by atoms with Crippen molar-refractivity contribution in [2.24, 2.45) is 5.73 Å². The van der Waals surface area contributed by atoms with Crippen molar-refractivity contribution < 1.29 is 14.7 Å². The average molecular weight is 229 g/mol. The van der Waals surface area contributed by atoms with Gasteiger partial charge in [-0.2, -0.15) is 0 Å². The van der Waals surface area contributed by atoms with Crippen LogP contribution in [0.5, 0.6) is 0 Å². The van der Waals surface area contributed by atoms with Crippen LogP contribution in [0.1, 0.15) is 19.8 Å². The van der Waals surface area contributed by atoms with Crippen LogP contribution >= 0.6 is 0 Å². The van der Waals surface area contributed by atoms with Gasteiger partial charge in [-0.15, -0.1) is 0 Å². The van der Waals surface area contributed by atoms with E-state index in [9.17, 15) is 14.7 Å². The number of aliphatic hydroxyl groups is 1. The van der Waals surface area contributed by atoms with Gasteiger partial charge in [-0.1, -0.05) is 6.92 Å². The fraction of sp³-hybridized carbons (Fsp3) is 0.800. The summed E-state index contributed by atoms with van der Waals surface area (Å²) in [5, 5.41) is 12.4. The number of aliphatic hydroxyl groups excluding tert-OH is 1. The summed E-state index contributed by atoms with van der Waals surface area (Å²) in [6.45, 7) is 3.14. The van der Waals surface area contributed by atoms with Crippen molar-refractivity contribution in [3.63, 3.8) is 0 Å². The molecule has 1 aliphatic rings. The van der Waals surface area contributed by atoms with Gasteiger partial charge in [-0.3, -0.25) is 9.59 Å². The largest absolute Gasteiger partial charge is 0.391 e. The molecule has 1 heterocycles. The van der Waals surface area contributed by atoms with Gasteiger partial charge in [-0.05, 0) is 13.0 Å². The molecule has 6 heteroatoms. The van der Waals surface area contributed by atoms with Gasteiger partial charge in [0.2, 0.25) is 11.8 Å². The number of nitrogens with two attached hydrogens (primary N) is 1. The molecule has 1 aliphatic heterocycles. The number of carbonyl (C=O) groups excluding carboxylic acids is 2.